The van der Waals surface area contributed by atoms with Crippen molar-refractivity contribution in [3.8, 4) is 0 Å². The van der Waals surface area contributed by atoms with E-state index in [4.69, 9.17) is 11.6 Å². The Labute approximate surface area is 117 Å². The highest BCUT2D eigenvalue weighted by atomic mass is 35.5. The molecule has 1 N–H and O–H groups in total. The summed E-state index contributed by atoms with van der Waals surface area (Å²) in [6.45, 7) is 6.75. The number of halogens is 1. The Balaban J connectivity index is 2.62. The number of rotatable bonds is 8. The van der Waals surface area contributed by atoms with E-state index in [9.17, 15) is 0 Å². The molecule has 0 heterocycles. The zero-order valence-corrected chi connectivity index (χ0v) is 12.6. The van der Waals surface area contributed by atoms with E-state index in [1.165, 1.54) is 31.2 Å². The highest BCUT2D eigenvalue weighted by Crippen LogP contribution is 2.21. The molecule has 0 fully saturated rings. The molecule has 1 rings (SSSR count). The molecule has 1 aromatic carbocycles. The monoisotopic (exact) mass is 267 g/mol. The van der Waals surface area contributed by atoms with Gasteiger partial charge in [-0.3, -0.25) is 0 Å². The number of unbranched alkanes of at least 4 members (excludes halogenated alkanes) is 1. The van der Waals surface area contributed by atoms with Gasteiger partial charge in [0.05, 0.1) is 0 Å². The smallest absolute Gasteiger partial charge is 0.0406 e. The first-order valence-corrected chi connectivity index (χ1v) is 7.60. The average Bonchev–Trinajstić information content (AvgIpc) is 2.40. The van der Waals surface area contributed by atoms with Crippen LogP contribution < -0.4 is 5.32 Å². The summed E-state index contributed by atoms with van der Waals surface area (Å²) >= 11 is 5.94. The summed E-state index contributed by atoms with van der Waals surface area (Å²) < 4.78 is 0. The van der Waals surface area contributed by atoms with E-state index in [1.54, 1.807) is 0 Å². The van der Waals surface area contributed by atoms with Crippen LogP contribution >= 0.6 is 11.6 Å². The quantitative estimate of drug-likeness (QED) is 0.669. The molecule has 1 aromatic rings. The van der Waals surface area contributed by atoms with Gasteiger partial charge in [0.15, 0.2) is 0 Å². The van der Waals surface area contributed by atoms with Crippen LogP contribution in [0.25, 0.3) is 0 Å². The third kappa shape index (κ3) is 4.99. The number of hydrogen-bond donors (Lipinski definition) is 1. The molecule has 0 bridgehead atoms. The van der Waals surface area contributed by atoms with Crippen LogP contribution in [0, 0.1) is 0 Å². The molecule has 0 aliphatic rings. The van der Waals surface area contributed by atoms with Crippen LogP contribution in [-0.4, -0.2) is 6.04 Å². The molecule has 2 atom stereocenters. The lowest BCUT2D eigenvalue weighted by atomic mass is 10.0. The van der Waals surface area contributed by atoms with Gasteiger partial charge < -0.3 is 5.32 Å². The van der Waals surface area contributed by atoms with E-state index in [1.807, 2.05) is 12.1 Å². The van der Waals surface area contributed by atoms with Gasteiger partial charge in [-0.25, -0.2) is 0 Å². The maximum absolute atomic E-state index is 5.94. The predicted molar refractivity (Wildman–Crippen MR) is 81.2 cm³/mol. The minimum Gasteiger partial charge on any atom is -0.307 e. The van der Waals surface area contributed by atoms with Crippen molar-refractivity contribution in [2.45, 2.75) is 65.0 Å². The number of benzene rings is 1. The maximum atomic E-state index is 5.94. The lowest BCUT2D eigenvalue weighted by molar-refractivity contribution is 0.389. The van der Waals surface area contributed by atoms with Crippen molar-refractivity contribution in [1.29, 1.82) is 0 Å². The van der Waals surface area contributed by atoms with Gasteiger partial charge in [0.2, 0.25) is 0 Å². The Morgan fingerprint density at radius 1 is 1.06 bits per heavy atom. The van der Waals surface area contributed by atoms with Crippen molar-refractivity contribution < 1.29 is 0 Å². The first kappa shape index (κ1) is 15.5. The molecule has 0 aliphatic heterocycles. The third-order valence-electron chi connectivity index (χ3n) is 3.52. The fraction of sp³-hybridized carbons (Fsp3) is 0.625. The Morgan fingerprint density at radius 3 is 2.22 bits per heavy atom. The Bertz CT molecular complexity index is 320. The molecule has 18 heavy (non-hydrogen) atoms. The minimum atomic E-state index is 0.448. The van der Waals surface area contributed by atoms with Crippen LogP contribution in [0.2, 0.25) is 5.02 Å². The Morgan fingerprint density at radius 2 is 1.72 bits per heavy atom. The molecule has 0 saturated heterocycles. The van der Waals surface area contributed by atoms with Crippen molar-refractivity contribution in [2.75, 3.05) is 0 Å². The zero-order valence-electron chi connectivity index (χ0n) is 11.9. The van der Waals surface area contributed by atoms with Crippen LogP contribution in [-0.2, 0) is 0 Å². The molecular formula is C16H26ClN. The molecule has 2 unspecified atom stereocenters. The Hall–Kier alpha value is -0.530. The summed E-state index contributed by atoms with van der Waals surface area (Å²) in [7, 11) is 0. The fourth-order valence-corrected chi connectivity index (χ4v) is 2.41. The van der Waals surface area contributed by atoms with Crippen LogP contribution in [0.1, 0.15) is 64.5 Å². The highest BCUT2D eigenvalue weighted by Gasteiger charge is 2.13. The van der Waals surface area contributed by atoms with Crippen LogP contribution in [0.3, 0.4) is 0 Å². The summed E-state index contributed by atoms with van der Waals surface area (Å²) in [6, 6.07) is 9.31. The van der Waals surface area contributed by atoms with Gasteiger partial charge in [-0.15, -0.1) is 0 Å². The summed E-state index contributed by atoms with van der Waals surface area (Å²) in [5.74, 6) is 0. The van der Waals surface area contributed by atoms with E-state index in [-0.39, 0.29) is 0 Å². The van der Waals surface area contributed by atoms with E-state index in [0.717, 1.165) is 11.4 Å². The van der Waals surface area contributed by atoms with Crippen molar-refractivity contribution in [3.63, 3.8) is 0 Å². The second-order valence-electron chi connectivity index (χ2n) is 4.93. The first-order valence-electron chi connectivity index (χ1n) is 7.22. The second-order valence-corrected chi connectivity index (χ2v) is 5.36. The molecule has 0 aliphatic carbocycles. The van der Waals surface area contributed by atoms with Crippen molar-refractivity contribution >= 4 is 11.6 Å². The van der Waals surface area contributed by atoms with Crippen molar-refractivity contribution in [1.82, 2.24) is 5.32 Å². The molecule has 0 amide bonds. The highest BCUT2D eigenvalue weighted by molar-refractivity contribution is 6.30. The van der Waals surface area contributed by atoms with E-state index < -0.39 is 0 Å². The normalized spacial score (nSPS) is 14.4. The summed E-state index contributed by atoms with van der Waals surface area (Å²) in [5.41, 5.74) is 1.34. The first-order chi connectivity index (χ1) is 8.71. The van der Waals surface area contributed by atoms with E-state index in [2.05, 4.69) is 38.2 Å². The molecule has 0 spiro atoms. The van der Waals surface area contributed by atoms with Gasteiger partial charge in [0, 0.05) is 17.1 Å². The van der Waals surface area contributed by atoms with E-state index in [0.29, 0.717) is 12.1 Å². The fourth-order valence-electron chi connectivity index (χ4n) is 2.29. The maximum Gasteiger partial charge on any atom is 0.0406 e. The summed E-state index contributed by atoms with van der Waals surface area (Å²) in [4.78, 5) is 0. The van der Waals surface area contributed by atoms with Crippen molar-refractivity contribution in [3.05, 3.63) is 34.9 Å². The van der Waals surface area contributed by atoms with Gasteiger partial charge in [-0.2, -0.15) is 0 Å². The van der Waals surface area contributed by atoms with Gasteiger partial charge in [0.1, 0.15) is 0 Å². The summed E-state index contributed by atoms with van der Waals surface area (Å²) in [5, 5.41) is 4.59. The second kappa shape index (κ2) is 8.55. The summed E-state index contributed by atoms with van der Waals surface area (Å²) in [6.07, 6.45) is 6.17. The lowest BCUT2D eigenvalue weighted by Crippen LogP contribution is -2.32. The third-order valence-corrected chi connectivity index (χ3v) is 3.77. The molecule has 0 saturated carbocycles. The van der Waals surface area contributed by atoms with Gasteiger partial charge in [0.25, 0.3) is 0 Å². The predicted octanol–water partition coefficient (Wildman–Crippen LogP) is 5.35. The standard InChI is InChI=1S/C16H26ClN/c1-4-7-8-15(5-2)18-16(6-3)13-9-11-14(17)12-10-13/h9-12,15-16,18H,4-8H2,1-3H3. The van der Waals surface area contributed by atoms with Crippen LogP contribution in [0.4, 0.5) is 0 Å². The molecule has 2 heteroatoms. The lowest BCUT2D eigenvalue weighted by Gasteiger charge is -2.24. The zero-order chi connectivity index (χ0) is 13.4. The topological polar surface area (TPSA) is 12.0 Å². The average molecular weight is 268 g/mol. The molecule has 0 aromatic heterocycles. The molecular weight excluding hydrogens is 242 g/mol. The number of nitrogens with one attached hydrogen (secondary N) is 1. The molecule has 1 nitrogen and oxygen atoms in total. The van der Waals surface area contributed by atoms with Gasteiger partial charge in [-0.05, 0) is 37.0 Å². The SMILES string of the molecule is CCCCC(CC)NC(CC)c1ccc(Cl)cc1. The van der Waals surface area contributed by atoms with Gasteiger partial charge >= 0.3 is 0 Å². The minimum absolute atomic E-state index is 0.448. The van der Waals surface area contributed by atoms with Crippen LogP contribution in [0.15, 0.2) is 24.3 Å². The molecule has 0 radical (unpaired) electrons. The number of hydrogen-bond acceptors (Lipinski definition) is 1. The Kier molecular flexibility index (Phi) is 7.38. The van der Waals surface area contributed by atoms with Crippen molar-refractivity contribution in [2.24, 2.45) is 0 Å². The largest absolute Gasteiger partial charge is 0.307 e. The van der Waals surface area contributed by atoms with E-state index >= 15 is 0 Å². The van der Waals surface area contributed by atoms with Gasteiger partial charge in [-0.1, -0.05) is 57.3 Å². The molecule has 102 valence electrons. The van der Waals surface area contributed by atoms with Crippen LogP contribution in [0.5, 0.6) is 0 Å².